The first-order valence-electron chi connectivity index (χ1n) is 6.93. The van der Waals surface area contributed by atoms with Crippen molar-refractivity contribution < 1.29 is 14.4 Å². The van der Waals surface area contributed by atoms with Gasteiger partial charge in [-0.3, -0.25) is 4.79 Å². The molecule has 1 aliphatic rings. The Morgan fingerprint density at radius 2 is 2.10 bits per heavy atom. The van der Waals surface area contributed by atoms with E-state index >= 15 is 0 Å². The Hall–Kier alpha value is -2.11. The number of hydrogen-bond donors (Lipinski definition) is 2. The number of oxime groups is 1. The summed E-state index contributed by atoms with van der Waals surface area (Å²) in [7, 11) is 1.62. The molecule has 1 aromatic rings. The monoisotopic (exact) mass is 293 g/mol. The molecule has 1 fully saturated rings. The second-order valence-corrected chi connectivity index (χ2v) is 5.53. The third-order valence-electron chi connectivity index (χ3n) is 4.47. The molecule has 1 atom stereocenters. The number of amides is 1. The summed E-state index contributed by atoms with van der Waals surface area (Å²) in [6, 6.07) is 5.93. The van der Waals surface area contributed by atoms with Crippen LogP contribution in [0.25, 0.3) is 0 Å². The Kier molecular flexibility index (Phi) is 4.16. The molecule has 1 saturated carbocycles. The summed E-state index contributed by atoms with van der Waals surface area (Å²) in [4.78, 5) is 14.2. The Morgan fingerprint density at radius 1 is 1.48 bits per heavy atom. The molecule has 3 N–H and O–H groups in total. The fourth-order valence-corrected chi connectivity index (χ4v) is 2.74. The number of hydrogen-bond acceptors (Lipinski definition) is 3. The van der Waals surface area contributed by atoms with Gasteiger partial charge in [0, 0.05) is 12.6 Å². The summed E-state index contributed by atoms with van der Waals surface area (Å²) in [5.41, 5.74) is 5.20. The number of halogens is 1. The smallest absolute Gasteiger partial charge is 0.236 e. The highest BCUT2D eigenvalue weighted by molar-refractivity contribution is 6.07. The molecule has 1 amide bonds. The van der Waals surface area contributed by atoms with E-state index in [0.717, 1.165) is 6.42 Å². The quantitative estimate of drug-likeness (QED) is 0.387. The molecular formula is C15H20FN3O2. The number of carbonyl (C=O) groups is 1. The SMILES string of the molecule is CC(c1ccccc1F)N(C)C(=O)C1(/C(N)=N/O)CCC1. The average Bonchev–Trinajstić information content (AvgIpc) is 2.44. The second kappa shape index (κ2) is 5.71. The molecule has 0 heterocycles. The van der Waals surface area contributed by atoms with Crippen molar-refractivity contribution in [2.45, 2.75) is 32.2 Å². The lowest BCUT2D eigenvalue weighted by Gasteiger charge is -2.42. The highest BCUT2D eigenvalue weighted by Crippen LogP contribution is 2.43. The maximum absolute atomic E-state index is 13.9. The normalized spacial score (nSPS) is 18.7. The second-order valence-electron chi connectivity index (χ2n) is 5.53. The van der Waals surface area contributed by atoms with Crippen molar-refractivity contribution in [1.82, 2.24) is 4.90 Å². The minimum Gasteiger partial charge on any atom is -0.409 e. The third kappa shape index (κ3) is 2.46. The molecular weight excluding hydrogens is 273 g/mol. The van der Waals surface area contributed by atoms with Crippen LogP contribution in [0.5, 0.6) is 0 Å². The van der Waals surface area contributed by atoms with Gasteiger partial charge in [0.25, 0.3) is 0 Å². The van der Waals surface area contributed by atoms with Crippen LogP contribution in [0.3, 0.4) is 0 Å². The van der Waals surface area contributed by atoms with E-state index in [9.17, 15) is 9.18 Å². The van der Waals surface area contributed by atoms with Crippen LogP contribution in [-0.4, -0.2) is 28.9 Å². The molecule has 114 valence electrons. The zero-order valence-corrected chi connectivity index (χ0v) is 12.2. The van der Waals surface area contributed by atoms with Gasteiger partial charge in [-0.1, -0.05) is 29.8 Å². The van der Waals surface area contributed by atoms with E-state index in [1.165, 1.54) is 11.0 Å². The first-order chi connectivity index (χ1) is 9.94. The molecule has 0 radical (unpaired) electrons. The molecule has 0 aliphatic heterocycles. The summed E-state index contributed by atoms with van der Waals surface area (Å²) >= 11 is 0. The van der Waals surface area contributed by atoms with Crippen molar-refractivity contribution in [3.8, 4) is 0 Å². The van der Waals surface area contributed by atoms with Crippen LogP contribution in [0.15, 0.2) is 29.4 Å². The number of nitrogens with zero attached hydrogens (tertiary/aromatic N) is 2. The molecule has 1 unspecified atom stereocenters. The van der Waals surface area contributed by atoms with E-state index in [4.69, 9.17) is 10.9 Å². The van der Waals surface area contributed by atoms with Crippen LogP contribution in [0, 0.1) is 11.2 Å². The fourth-order valence-electron chi connectivity index (χ4n) is 2.74. The summed E-state index contributed by atoms with van der Waals surface area (Å²) < 4.78 is 13.9. The fraction of sp³-hybridized carbons (Fsp3) is 0.467. The van der Waals surface area contributed by atoms with Gasteiger partial charge in [-0.05, 0) is 25.8 Å². The average molecular weight is 293 g/mol. The van der Waals surface area contributed by atoms with Crippen molar-refractivity contribution >= 4 is 11.7 Å². The molecule has 1 aromatic carbocycles. The Morgan fingerprint density at radius 3 is 2.57 bits per heavy atom. The number of nitrogens with two attached hydrogens (primary N) is 1. The van der Waals surface area contributed by atoms with E-state index in [1.54, 1.807) is 32.2 Å². The molecule has 21 heavy (non-hydrogen) atoms. The standard InChI is InChI=1S/C15H20FN3O2/c1-10(11-6-3-4-7-12(11)16)19(2)14(20)15(8-5-9-15)13(17)18-21/h3-4,6-7,10,21H,5,8-9H2,1-2H3,(H2,17,18). The van der Waals surface area contributed by atoms with Crippen LogP contribution in [0.2, 0.25) is 0 Å². The van der Waals surface area contributed by atoms with Gasteiger partial charge in [-0.15, -0.1) is 0 Å². The number of rotatable bonds is 4. The van der Waals surface area contributed by atoms with Gasteiger partial charge in [-0.2, -0.15) is 0 Å². The summed E-state index contributed by atoms with van der Waals surface area (Å²) in [5, 5.41) is 11.9. The van der Waals surface area contributed by atoms with Crippen molar-refractivity contribution in [1.29, 1.82) is 0 Å². The van der Waals surface area contributed by atoms with E-state index in [-0.39, 0.29) is 17.6 Å². The lowest BCUT2D eigenvalue weighted by atomic mass is 9.66. The van der Waals surface area contributed by atoms with E-state index in [1.807, 2.05) is 0 Å². The zero-order chi connectivity index (χ0) is 15.6. The molecule has 0 spiro atoms. The van der Waals surface area contributed by atoms with Crippen LogP contribution in [0.4, 0.5) is 4.39 Å². The molecule has 0 saturated heterocycles. The number of carbonyl (C=O) groups excluding carboxylic acids is 1. The number of amidine groups is 1. The first-order valence-corrected chi connectivity index (χ1v) is 6.93. The van der Waals surface area contributed by atoms with Crippen molar-refractivity contribution in [2.75, 3.05) is 7.05 Å². The van der Waals surface area contributed by atoms with E-state index in [2.05, 4.69) is 5.16 Å². The van der Waals surface area contributed by atoms with Crippen molar-refractivity contribution in [3.63, 3.8) is 0 Å². The molecule has 0 aromatic heterocycles. The van der Waals surface area contributed by atoms with Gasteiger partial charge in [0.05, 0.1) is 6.04 Å². The highest BCUT2D eigenvalue weighted by atomic mass is 19.1. The third-order valence-corrected chi connectivity index (χ3v) is 4.47. The molecule has 0 bridgehead atoms. The van der Waals surface area contributed by atoms with Gasteiger partial charge >= 0.3 is 0 Å². The minimum absolute atomic E-state index is 0.0636. The predicted octanol–water partition coefficient (Wildman–Crippen LogP) is 2.26. The van der Waals surface area contributed by atoms with Crippen LogP contribution in [0.1, 0.15) is 37.8 Å². The van der Waals surface area contributed by atoms with Gasteiger partial charge < -0.3 is 15.8 Å². The maximum atomic E-state index is 13.9. The van der Waals surface area contributed by atoms with Crippen LogP contribution in [-0.2, 0) is 4.79 Å². The van der Waals surface area contributed by atoms with Crippen molar-refractivity contribution in [2.24, 2.45) is 16.3 Å². The molecule has 2 rings (SSSR count). The van der Waals surface area contributed by atoms with Gasteiger partial charge in [0.15, 0.2) is 5.84 Å². The lowest BCUT2D eigenvalue weighted by Crippen LogP contribution is -2.54. The lowest BCUT2D eigenvalue weighted by molar-refractivity contribution is -0.142. The number of benzene rings is 1. The van der Waals surface area contributed by atoms with Gasteiger partial charge in [0.2, 0.25) is 5.91 Å². The van der Waals surface area contributed by atoms with Gasteiger partial charge in [-0.25, -0.2) is 4.39 Å². The highest BCUT2D eigenvalue weighted by Gasteiger charge is 2.50. The molecule has 1 aliphatic carbocycles. The first kappa shape index (κ1) is 15.3. The summed E-state index contributed by atoms with van der Waals surface area (Å²) in [6.45, 7) is 1.76. The largest absolute Gasteiger partial charge is 0.409 e. The Bertz CT molecular complexity index is 570. The maximum Gasteiger partial charge on any atom is 0.236 e. The summed E-state index contributed by atoms with van der Waals surface area (Å²) in [6.07, 6.45) is 1.95. The van der Waals surface area contributed by atoms with E-state index < -0.39 is 11.5 Å². The predicted molar refractivity (Wildman–Crippen MR) is 77.3 cm³/mol. The summed E-state index contributed by atoms with van der Waals surface area (Å²) in [5.74, 6) is -0.651. The molecule has 5 nitrogen and oxygen atoms in total. The van der Waals surface area contributed by atoms with E-state index in [0.29, 0.717) is 18.4 Å². The van der Waals surface area contributed by atoms with Crippen LogP contribution >= 0.6 is 0 Å². The van der Waals surface area contributed by atoms with Crippen LogP contribution < -0.4 is 5.73 Å². The zero-order valence-electron chi connectivity index (χ0n) is 12.2. The Balaban J connectivity index is 2.25. The van der Waals surface area contributed by atoms with Gasteiger partial charge in [0.1, 0.15) is 11.2 Å². The van der Waals surface area contributed by atoms with Crippen molar-refractivity contribution in [3.05, 3.63) is 35.6 Å². The minimum atomic E-state index is -0.941. The topological polar surface area (TPSA) is 78.9 Å². The molecule has 6 heteroatoms. The Labute approximate surface area is 123 Å².